The van der Waals surface area contributed by atoms with E-state index in [1.165, 1.54) is 12.8 Å². The summed E-state index contributed by atoms with van der Waals surface area (Å²) in [5, 5.41) is 4.93. The molecule has 0 bridgehead atoms. The summed E-state index contributed by atoms with van der Waals surface area (Å²) >= 11 is 0. The number of fused-ring (bicyclic) bond motifs is 1. The number of nitrogens with zero attached hydrogens (tertiary/aromatic N) is 3. The van der Waals surface area contributed by atoms with Crippen molar-refractivity contribution in [3.63, 3.8) is 0 Å². The van der Waals surface area contributed by atoms with Crippen LogP contribution in [0.1, 0.15) is 37.5 Å². The number of H-pyrrole nitrogens is 1. The molecule has 0 unspecified atom stereocenters. The van der Waals surface area contributed by atoms with Crippen LogP contribution in [0.2, 0.25) is 0 Å². The predicted octanol–water partition coefficient (Wildman–Crippen LogP) is 2.81. The van der Waals surface area contributed by atoms with Gasteiger partial charge in [0.05, 0.1) is 12.2 Å². The molecule has 4 rings (SSSR count). The van der Waals surface area contributed by atoms with Gasteiger partial charge in [0.2, 0.25) is 0 Å². The highest BCUT2D eigenvalue weighted by Gasteiger charge is 2.21. The molecule has 1 N–H and O–H groups in total. The van der Waals surface area contributed by atoms with Gasteiger partial charge in [-0.25, -0.2) is 9.67 Å². The van der Waals surface area contributed by atoms with E-state index < -0.39 is 0 Å². The van der Waals surface area contributed by atoms with E-state index in [1.807, 2.05) is 35.0 Å². The first-order chi connectivity index (χ1) is 11.3. The minimum absolute atomic E-state index is 0.161. The molecule has 6 heteroatoms. The summed E-state index contributed by atoms with van der Waals surface area (Å²) in [7, 11) is 0. The molecule has 2 aromatic heterocycles. The first kappa shape index (κ1) is 14.0. The van der Waals surface area contributed by atoms with Crippen LogP contribution in [0.4, 0.5) is 0 Å². The lowest BCUT2D eigenvalue weighted by atomic mass is 10.2. The Kier molecular flexibility index (Phi) is 3.57. The lowest BCUT2D eigenvalue weighted by molar-refractivity contribution is 0.295. The van der Waals surface area contributed by atoms with Crippen LogP contribution < -0.4 is 10.3 Å². The van der Waals surface area contributed by atoms with Crippen molar-refractivity contribution < 1.29 is 4.74 Å². The molecule has 6 nitrogen and oxygen atoms in total. The molecular weight excluding hydrogens is 292 g/mol. The summed E-state index contributed by atoms with van der Waals surface area (Å²) in [6.07, 6.45) is 6.22. The number of hydrogen-bond acceptors (Lipinski definition) is 4. The number of hydrogen-bond donors (Lipinski definition) is 1. The van der Waals surface area contributed by atoms with Crippen molar-refractivity contribution in [2.75, 3.05) is 0 Å². The highest BCUT2D eigenvalue weighted by atomic mass is 16.5. The summed E-state index contributed by atoms with van der Waals surface area (Å²) in [6, 6.07) is 9.84. The van der Waals surface area contributed by atoms with Crippen molar-refractivity contribution in [1.82, 2.24) is 19.7 Å². The summed E-state index contributed by atoms with van der Waals surface area (Å²) in [5.74, 6) is 1.27. The van der Waals surface area contributed by atoms with E-state index in [2.05, 4.69) is 15.1 Å². The van der Waals surface area contributed by atoms with Crippen molar-refractivity contribution in [3.8, 4) is 5.75 Å². The molecule has 0 aliphatic heterocycles. The smallest absolute Gasteiger partial charge is 0.262 e. The third-order valence-electron chi connectivity index (χ3n) is 4.30. The van der Waals surface area contributed by atoms with Crippen LogP contribution in [0, 0.1) is 0 Å². The highest BCUT2D eigenvalue weighted by Crippen LogP contribution is 2.30. The number of aromatic nitrogens is 4. The van der Waals surface area contributed by atoms with E-state index in [4.69, 9.17) is 4.74 Å². The second kappa shape index (κ2) is 5.87. The molecule has 2 heterocycles. The molecule has 3 aromatic rings. The first-order valence-electron chi connectivity index (χ1n) is 7.95. The SMILES string of the molecule is O=c1[nH]c(COc2ccccc2)nc2c1cnn2C1CCCC1. The maximum absolute atomic E-state index is 12.2. The van der Waals surface area contributed by atoms with Crippen molar-refractivity contribution in [1.29, 1.82) is 0 Å². The van der Waals surface area contributed by atoms with Gasteiger partial charge in [-0.2, -0.15) is 5.10 Å². The van der Waals surface area contributed by atoms with E-state index in [0.29, 0.717) is 22.9 Å². The van der Waals surface area contributed by atoms with E-state index in [0.717, 1.165) is 18.6 Å². The monoisotopic (exact) mass is 310 g/mol. The number of ether oxygens (including phenoxy) is 1. The topological polar surface area (TPSA) is 72.8 Å². The standard InChI is InChI=1S/C17H18N4O2/c22-17-14-10-18-21(12-6-4-5-7-12)16(14)19-15(20-17)11-23-13-8-2-1-3-9-13/h1-3,8-10,12H,4-7,11H2,(H,19,20,22). The van der Waals surface area contributed by atoms with Gasteiger partial charge in [-0.1, -0.05) is 31.0 Å². The Bertz CT molecular complexity index is 863. The Morgan fingerprint density at radius 1 is 1.22 bits per heavy atom. The van der Waals surface area contributed by atoms with Gasteiger partial charge in [-0.05, 0) is 25.0 Å². The lowest BCUT2D eigenvalue weighted by Gasteiger charge is -2.11. The molecular formula is C17H18N4O2. The average Bonchev–Trinajstić information content (AvgIpc) is 3.23. The van der Waals surface area contributed by atoms with Crippen LogP contribution in [-0.2, 0) is 6.61 Å². The van der Waals surface area contributed by atoms with Gasteiger partial charge in [0.1, 0.15) is 23.6 Å². The third kappa shape index (κ3) is 2.72. The van der Waals surface area contributed by atoms with Crippen LogP contribution in [0.5, 0.6) is 5.75 Å². The molecule has 0 amide bonds. The van der Waals surface area contributed by atoms with Crippen LogP contribution >= 0.6 is 0 Å². The number of aromatic amines is 1. The summed E-state index contributed by atoms with van der Waals surface area (Å²) in [6.45, 7) is 0.227. The predicted molar refractivity (Wildman–Crippen MR) is 86.4 cm³/mol. The Morgan fingerprint density at radius 3 is 2.78 bits per heavy atom. The Hall–Kier alpha value is -2.63. The quantitative estimate of drug-likeness (QED) is 0.804. The van der Waals surface area contributed by atoms with Crippen molar-refractivity contribution in [3.05, 3.63) is 52.7 Å². The molecule has 0 radical (unpaired) electrons. The maximum atomic E-state index is 12.2. The highest BCUT2D eigenvalue weighted by molar-refractivity contribution is 5.73. The van der Waals surface area contributed by atoms with Crippen molar-refractivity contribution in [2.45, 2.75) is 38.3 Å². The van der Waals surface area contributed by atoms with Gasteiger partial charge in [-0.3, -0.25) is 4.79 Å². The van der Waals surface area contributed by atoms with E-state index >= 15 is 0 Å². The van der Waals surface area contributed by atoms with Gasteiger partial charge in [0, 0.05) is 0 Å². The molecule has 0 saturated heterocycles. The summed E-state index contributed by atoms with van der Waals surface area (Å²) in [5.41, 5.74) is 0.498. The summed E-state index contributed by atoms with van der Waals surface area (Å²) < 4.78 is 7.58. The number of nitrogens with one attached hydrogen (secondary N) is 1. The molecule has 1 fully saturated rings. The Morgan fingerprint density at radius 2 is 2.00 bits per heavy atom. The van der Waals surface area contributed by atoms with Gasteiger partial charge < -0.3 is 9.72 Å². The van der Waals surface area contributed by atoms with Gasteiger partial charge in [0.15, 0.2) is 5.65 Å². The van der Waals surface area contributed by atoms with E-state index in [9.17, 15) is 4.79 Å². The Labute approximate surface area is 133 Å². The minimum Gasteiger partial charge on any atom is -0.486 e. The maximum Gasteiger partial charge on any atom is 0.262 e. The van der Waals surface area contributed by atoms with E-state index in [1.54, 1.807) is 6.20 Å². The molecule has 1 aliphatic rings. The lowest BCUT2D eigenvalue weighted by Crippen LogP contribution is -2.15. The molecule has 0 spiro atoms. The van der Waals surface area contributed by atoms with Gasteiger partial charge in [0.25, 0.3) is 5.56 Å². The van der Waals surface area contributed by atoms with Crippen molar-refractivity contribution in [2.24, 2.45) is 0 Å². The van der Waals surface area contributed by atoms with Crippen LogP contribution in [0.15, 0.2) is 41.3 Å². The number of benzene rings is 1. The Balaban J connectivity index is 1.65. The largest absolute Gasteiger partial charge is 0.486 e. The fourth-order valence-electron chi connectivity index (χ4n) is 3.13. The zero-order valence-electron chi connectivity index (χ0n) is 12.7. The van der Waals surface area contributed by atoms with Crippen LogP contribution in [0.3, 0.4) is 0 Å². The second-order valence-corrected chi connectivity index (χ2v) is 5.88. The van der Waals surface area contributed by atoms with E-state index in [-0.39, 0.29) is 12.2 Å². The summed E-state index contributed by atoms with van der Waals surface area (Å²) in [4.78, 5) is 19.6. The molecule has 1 saturated carbocycles. The number of rotatable bonds is 4. The molecule has 1 aromatic carbocycles. The third-order valence-corrected chi connectivity index (χ3v) is 4.30. The zero-order valence-corrected chi connectivity index (χ0v) is 12.7. The van der Waals surface area contributed by atoms with Crippen LogP contribution in [0.25, 0.3) is 11.0 Å². The molecule has 118 valence electrons. The minimum atomic E-state index is -0.161. The normalized spacial score (nSPS) is 15.3. The molecule has 1 aliphatic carbocycles. The van der Waals surface area contributed by atoms with Gasteiger partial charge >= 0.3 is 0 Å². The molecule has 0 atom stereocenters. The van der Waals surface area contributed by atoms with Gasteiger partial charge in [-0.15, -0.1) is 0 Å². The number of para-hydroxylation sites is 1. The fourth-order valence-corrected chi connectivity index (χ4v) is 3.13. The van der Waals surface area contributed by atoms with Crippen molar-refractivity contribution >= 4 is 11.0 Å². The zero-order chi connectivity index (χ0) is 15.6. The second-order valence-electron chi connectivity index (χ2n) is 5.88. The average molecular weight is 310 g/mol. The van der Waals surface area contributed by atoms with Crippen LogP contribution in [-0.4, -0.2) is 19.7 Å². The fraction of sp³-hybridized carbons (Fsp3) is 0.353. The molecule has 23 heavy (non-hydrogen) atoms. The first-order valence-corrected chi connectivity index (χ1v) is 7.95.